The summed E-state index contributed by atoms with van der Waals surface area (Å²) in [5.41, 5.74) is 0. The van der Waals surface area contributed by atoms with Crippen molar-refractivity contribution in [2.75, 3.05) is 0 Å². The number of carbonyl (C=O) groups is 2. The Balaban J connectivity index is 2.48. The molecular weight excluding hydrogens is 324 g/mol. The molecule has 0 bridgehead atoms. The van der Waals surface area contributed by atoms with E-state index in [-0.39, 0.29) is 29.9 Å². The number of benzene rings is 1. The summed E-state index contributed by atoms with van der Waals surface area (Å²) in [6.07, 6.45) is 6.99. The van der Waals surface area contributed by atoms with Crippen LogP contribution in [0.3, 0.4) is 0 Å². The van der Waals surface area contributed by atoms with Gasteiger partial charge in [-0.25, -0.2) is 8.42 Å². The zero-order chi connectivity index (χ0) is 17.5. The lowest BCUT2D eigenvalue weighted by atomic mass is 9.87. The summed E-state index contributed by atoms with van der Waals surface area (Å²) in [7, 11) is -3.82. The summed E-state index contributed by atoms with van der Waals surface area (Å²) in [6.45, 7) is 0. The van der Waals surface area contributed by atoms with E-state index in [0.29, 0.717) is 19.1 Å². The first kappa shape index (κ1) is 18.8. The highest BCUT2D eigenvalue weighted by molar-refractivity contribution is 7.93. The van der Waals surface area contributed by atoms with Crippen LogP contribution in [0.2, 0.25) is 0 Å². The van der Waals surface area contributed by atoms with Crippen LogP contribution in [0.4, 0.5) is 0 Å². The van der Waals surface area contributed by atoms with Gasteiger partial charge in [0, 0.05) is 12.8 Å². The summed E-state index contributed by atoms with van der Waals surface area (Å²) in [6, 6.07) is 8.19. The smallest absolute Gasteiger partial charge is 0.191 e. The van der Waals surface area contributed by atoms with Crippen LogP contribution in [0.15, 0.2) is 35.2 Å². The van der Waals surface area contributed by atoms with Crippen molar-refractivity contribution in [2.45, 2.75) is 73.9 Å². The fraction of sp³-hybridized carbons (Fsp3) is 0.579. The molecule has 1 aliphatic rings. The third-order valence-electron chi connectivity index (χ3n) is 4.98. The third-order valence-corrected chi connectivity index (χ3v) is 7.53. The molecule has 0 heterocycles. The Morgan fingerprint density at radius 3 is 2.25 bits per heavy atom. The SMILES string of the molecule is O=CCCC1(S(=O)(=O)c2ccccc2)CCCCCCCCC1=O. The third kappa shape index (κ3) is 3.94. The van der Waals surface area contributed by atoms with E-state index in [4.69, 9.17) is 0 Å². The molecule has 1 aromatic rings. The van der Waals surface area contributed by atoms with E-state index in [1.165, 1.54) is 0 Å². The predicted molar refractivity (Wildman–Crippen MR) is 93.6 cm³/mol. The van der Waals surface area contributed by atoms with Crippen LogP contribution in [0.25, 0.3) is 0 Å². The maximum Gasteiger partial charge on any atom is 0.191 e. The van der Waals surface area contributed by atoms with E-state index in [1.807, 2.05) is 0 Å². The Morgan fingerprint density at radius 2 is 1.58 bits per heavy atom. The molecule has 0 amide bonds. The number of Topliss-reactive ketones (excluding diaryl/α,β-unsaturated/α-hetero) is 1. The molecule has 0 aromatic heterocycles. The molecule has 2 rings (SSSR count). The van der Waals surface area contributed by atoms with Gasteiger partial charge in [0.15, 0.2) is 15.6 Å². The van der Waals surface area contributed by atoms with Gasteiger partial charge in [-0.15, -0.1) is 0 Å². The summed E-state index contributed by atoms with van der Waals surface area (Å²) in [4.78, 5) is 24.1. The molecule has 0 aliphatic heterocycles. The number of aldehydes is 1. The van der Waals surface area contributed by atoms with E-state index in [0.717, 1.165) is 32.1 Å². The lowest BCUT2D eigenvalue weighted by Crippen LogP contribution is -2.47. The zero-order valence-corrected chi connectivity index (χ0v) is 14.9. The second kappa shape index (κ2) is 8.56. The summed E-state index contributed by atoms with van der Waals surface area (Å²) in [5, 5.41) is 0. The Labute approximate surface area is 144 Å². The van der Waals surface area contributed by atoms with E-state index < -0.39 is 14.6 Å². The largest absolute Gasteiger partial charge is 0.303 e. The highest BCUT2D eigenvalue weighted by Crippen LogP contribution is 2.38. The number of hydrogen-bond donors (Lipinski definition) is 0. The topological polar surface area (TPSA) is 68.3 Å². The molecule has 0 radical (unpaired) electrons. The van der Waals surface area contributed by atoms with Crippen LogP contribution in [0.5, 0.6) is 0 Å². The van der Waals surface area contributed by atoms with Crippen LogP contribution < -0.4 is 0 Å². The maximum atomic E-state index is 13.4. The normalized spacial score (nSPS) is 23.6. The van der Waals surface area contributed by atoms with Gasteiger partial charge < -0.3 is 4.79 Å². The van der Waals surface area contributed by atoms with Gasteiger partial charge in [-0.3, -0.25) is 4.79 Å². The van der Waals surface area contributed by atoms with E-state index in [1.54, 1.807) is 30.3 Å². The Morgan fingerprint density at radius 1 is 0.958 bits per heavy atom. The number of sulfone groups is 1. The van der Waals surface area contributed by atoms with Gasteiger partial charge in [0.1, 0.15) is 11.0 Å². The van der Waals surface area contributed by atoms with Crippen molar-refractivity contribution < 1.29 is 18.0 Å². The fourth-order valence-electron chi connectivity index (χ4n) is 3.57. The molecule has 4 nitrogen and oxygen atoms in total. The number of hydrogen-bond acceptors (Lipinski definition) is 4. The van der Waals surface area contributed by atoms with Crippen LogP contribution in [0.1, 0.15) is 64.2 Å². The maximum absolute atomic E-state index is 13.4. The van der Waals surface area contributed by atoms with Crippen LogP contribution >= 0.6 is 0 Å². The van der Waals surface area contributed by atoms with Gasteiger partial charge in [-0.1, -0.05) is 50.3 Å². The quantitative estimate of drug-likeness (QED) is 0.756. The van der Waals surface area contributed by atoms with Crippen LogP contribution in [-0.2, 0) is 19.4 Å². The zero-order valence-electron chi connectivity index (χ0n) is 14.1. The van der Waals surface area contributed by atoms with E-state index in [9.17, 15) is 18.0 Å². The molecule has 5 heteroatoms. The molecule has 0 N–H and O–H groups in total. The lowest BCUT2D eigenvalue weighted by molar-refractivity contribution is -0.122. The monoisotopic (exact) mass is 350 g/mol. The highest BCUT2D eigenvalue weighted by Gasteiger charge is 2.49. The second-order valence-electron chi connectivity index (χ2n) is 6.56. The first-order valence-corrected chi connectivity index (χ1v) is 10.3. The van der Waals surface area contributed by atoms with Crippen LogP contribution in [-0.4, -0.2) is 25.2 Å². The van der Waals surface area contributed by atoms with Gasteiger partial charge in [0.25, 0.3) is 0 Å². The standard InChI is InChI=1S/C19H26O4S/c20-16-10-15-19(24(22,23)17-11-6-5-7-12-17)14-9-4-2-1-3-8-13-18(19)21/h5-7,11-12,16H,1-4,8-10,13-15H2. The van der Waals surface area contributed by atoms with Crippen molar-refractivity contribution in [1.29, 1.82) is 0 Å². The minimum atomic E-state index is -3.82. The van der Waals surface area contributed by atoms with Crippen molar-refractivity contribution in [1.82, 2.24) is 0 Å². The average Bonchev–Trinajstić information content (AvgIpc) is 2.60. The van der Waals surface area contributed by atoms with Crippen molar-refractivity contribution in [3.8, 4) is 0 Å². The molecule has 1 fully saturated rings. The molecule has 0 saturated heterocycles. The number of ketones is 1. The van der Waals surface area contributed by atoms with E-state index >= 15 is 0 Å². The van der Waals surface area contributed by atoms with Gasteiger partial charge in [0.05, 0.1) is 4.90 Å². The van der Waals surface area contributed by atoms with Crippen molar-refractivity contribution in [3.63, 3.8) is 0 Å². The van der Waals surface area contributed by atoms with Crippen LogP contribution in [0, 0.1) is 0 Å². The molecule has 1 saturated carbocycles. The highest BCUT2D eigenvalue weighted by atomic mass is 32.2. The predicted octanol–water partition coefficient (Wildman–Crippen LogP) is 3.88. The Hall–Kier alpha value is -1.49. The van der Waals surface area contributed by atoms with Gasteiger partial charge in [0.2, 0.25) is 0 Å². The number of carbonyl (C=O) groups excluding carboxylic acids is 2. The molecule has 132 valence electrons. The molecule has 1 aliphatic carbocycles. The molecule has 1 unspecified atom stereocenters. The van der Waals surface area contributed by atoms with Gasteiger partial charge in [-0.05, 0) is 31.4 Å². The minimum absolute atomic E-state index is 0.0898. The summed E-state index contributed by atoms with van der Waals surface area (Å²) in [5.74, 6) is -0.213. The molecule has 1 atom stereocenters. The van der Waals surface area contributed by atoms with Gasteiger partial charge in [-0.2, -0.15) is 0 Å². The fourth-order valence-corrected chi connectivity index (χ4v) is 5.74. The van der Waals surface area contributed by atoms with E-state index in [2.05, 4.69) is 0 Å². The minimum Gasteiger partial charge on any atom is -0.303 e. The van der Waals surface area contributed by atoms with Crippen molar-refractivity contribution in [2.24, 2.45) is 0 Å². The Bertz CT molecular complexity index is 651. The molecule has 24 heavy (non-hydrogen) atoms. The van der Waals surface area contributed by atoms with Crippen molar-refractivity contribution in [3.05, 3.63) is 30.3 Å². The average molecular weight is 350 g/mol. The lowest BCUT2D eigenvalue weighted by Gasteiger charge is -2.32. The van der Waals surface area contributed by atoms with Gasteiger partial charge >= 0.3 is 0 Å². The molecular formula is C19H26O4S. The first-order valence-electron chi connectivity index (χ1n) is 8.81. The molecule has 0 spiro atoms. The summed E-state index contributed by atoms with van der Waals surface area (Å²) < 4.78 is 25.3. The Kier molecular flexibility index (Phi) is 6.72. The number of rotatable bonds is 5. The second-order valence-corrected chi connectivity index (χ2v) is 8.82. The first-order chi connectivity index (χ1) is 11.5. The molecule has 1 aromatic carbocycles. The summed E-state index contributed by atoms with van der Waals surface area (Å²) >= 11 is 0. The van der Waals surface area contributed by atoms with Crippen molar-refractivity contribution >= 4 is 21.9 Å².